The molecule has 0 bridgehead atoms. The molecule has 3 heterocycles. The van der Waals surface area contributed by atoms with Gasteiger partial charge in [0, 0.05) is 87.1 Å². The maximum absolute atomic E-state index is 14.1. The highest BCUT2D eigenvalue weighted by Gasteiger charge is 2.31. The molecule has 63 heavy (non-hydrogen) atoms. The monoisotopic (exact) mass is 893 g/mol. The van der Waals surface area contributed by atoms with Crippen molar-refractivity contribution in [2.75, 3.05) is 62.7 Å². The van der Waals surface area contributed by atoms with Crippen LogP contribution in [0.4, 0.5) is 17.1 Å². The lowest BCUT2D eigenvalue weighted by Gasteiger charge is -2.39. The zero-order valence-corrected chi connectivity index (χ0v) is 37.0. The Morgan fingerprint density at radius 1 is 0.984 bits per heavy atom. The number of piperazine rings is 1. The fourth-order valence-corrected chi connectivity index (χ4v) is 9.71. The molecule has 16 heteroatoms. The summed E-state index contributed by atoms with van der Waals surface area (Å²) in [5.74, 6) is -0.131. The molecular formula is C47H52ClN7O7S. The average molecular weight is 894 g/mol. The van der Waals surface area contributed by atoms with Crippen LogP contribution in [0.3, 0.4) is 0 Å². The quantitative estimate of drug-likeness (QED) is 0.0717. The summed E-state index contributed by atoms with van der Waals surface area (Å²) in [5.41, 5.74) is 6.25. The topological polar surface area (TPSA) is 172 Å². The molecule has 14 nitrogen and oxygen atoms in total. The van der Waals surface area contributed by atoms with Gasteiger partial charge in [0.15, 0.2) is 0 Å². The van der Waals surface area contributed by atoms with Gasteiger partial charge < -0.3 is 19.7 Å². The van der Waals surface area contributed by atoms with Gasteiger partial charge in [-0.05, 0) is 109 Å². The molecule has 330 valence electrons. The number of halogens is 1. The number of anilines is 2. The number of H-pyrrole nitrogens is 1. The van der Waals surface area contributed by atoms with Gasteiger partial charge in [-0.1, -0.05) is 55.3 Å². The highest BCUT2D eigenvalue weighted by molar-refractivity contribution is 7.90. The molecule has 0 spiro atoms. The minimum atomic E-state index is -4.57. The Morgan fingerprint density at radius 2 is 1.75 bits per heavy atom. The van der Waals surface area contributed by atoms with Gasteiger partial charge in [-0.15, -0.1) is 0 Å². The number of benzene rings is 4. The van der Waals surface area contributed by atoms with E-state index in [1.807, 2.05) is 24.3 Å². The van der Waals surface area contributed by atoms with Crippen molar-refractivity contribution in [3.05, 3.63) is 129 Å². The van der Waals surface area contributed by atoms with Crippen LogP contribution in [0.25, 0.3) is 16.8 Å². The Bertz CT molecular complexity index is 2590. The zero-order chi connectivity index (χ0) is 44.1. The summed E-state index contributed by atoms with van der Waals surface area (Å²) in [4.78, 5) is 29.8. The Morgan fingerprint density at radius 3 is 2.48 bits per heavy atom. The Labute approximate surface area is 372 Å². The molecule has 0 unspecified atom stereocenters. The van der Waals surface area contributed by atoms with E-state index in [1.54, 1.807) is 42.6 Å². The molecule has 1 amide bonds. The van der Waals surface area contributed by atoms with Crippen LogP contribution in [-0.2, 0) is 14.8 Å². The van der Waals surface area contributed by atoms with Crippen LogP contribution in [0.5, 0.6) is 11.5 Å². The number of nitrogens with zero attached hydrogens (tertiary/aromatic N) is 4. The van der Waals surface area contributed by atoms with Gasteiger partial charge in [0.25, 0.3) is 21.6 Å². The lowest BCUT2D eigenvalue weighted by atomic mass is 9.72. The van der Waals surface area contributed by atoms with Gasteiger partial charge >= 0.3 is 0 Å². The number of nitrogens with one attached hydrogen (secondary N) is 3. The number of allylic oxidation sites excluding steroid dienone is 1. The highest BCUT2D eigenvalue weighted by Crippen LogP contribution is 2.44. The second kappa shape index (κ2) is 18.9. The van der Waals surface area contributed by atoms with Crippen molar-refractivity contribution >= 4 is 50.2 Å². The predicted molar refractivity (Wildman–Crippen MR) is 245 cm³/mol. The highest BCUT2D eigenvalue weighted by atomic mass is 35.5. The molecule has 4 aromatic carbocycles. The number of para-hydroxylation sites is 1. The SMILES string of the molecule is CC1(C)CCC(CN2CCN(c3ccc(C(=O)NS(=O)(=O)c4ccc(NCC5CCOCC5)c([N+](=O)[O-])c4)c(Oc4ccccc4-c4ccn[nH]4)c3)CC2)=C(c2ccc(Cl)cc2)C1. The number of rotatable bonds is 14. The molecule has 2 saturated heterocycles. The summed E-state index contributed by atoms with van der Waals surface area (Å²) >= 11 is 6.25. The smallest absolute Gasteiger partial charge is 0.293 e. The third-order valence-corrected chi connectivity index (χ3v) is 13.8. The molecule has 2 fully saturated rings. The minimum Gasteiger partial charge on any atom is -0.456 e. The molecule has 3 N–H and O–H groups in total. The number of amides is 1. The van der Waals surface area contributed by atoms with E-state index in [4.69, 9.17) is 21.1 Å². The van der Waals surface area contributed by atoms with E-state index < -0.39 is 31.4 Å². The molecule has 8 rings (SSSR count). The summed E-state index contributed by atoms with van der Waals surface area (Å²) in [6.45, 7) is 10.4. The second-order valence-corrected chi connectivity index (χ2v) is 19.4. The van der Waals surface area contributed by atoms with Gasteiger partial charge in [0.2, 0.25) is 0 Å². The molecule has 0 atom stereocenters. The van der Waals surface area contributed by atoms with Gasteiger partial charge in [0.05, 0.1) is 21.1 Å². The number of carbonyl (C=O) groups excluding carboxylic acids is 1. The second-order valence-electron chi connectivity index (χ2n) is 17.2. The third-order valence-electron chi connectivity index (χ3n) is 12.3. The van der Waals surface area contributed by atoms with Crippen molar-refractivity contribution in [3.63, 3.8) is 0 Å². The largest absolute Gasteiger partial charge is 0.456 e. The Kier molecular flexibility index (Phi) is 13.2. The van der Waals surface area contributed by atoms with Crippen molar-refractivity contribution in [2.24, 2.45) is 11.3 Å². The molecule has 1 aliphatic carbocycles. The van der Waals surface area contributed by atoms with Gasteiger partial charge in [0.1, 0.15) is 17.2 Å². The number of hydrogen-bond acceptors (Lipinski definition) is 11. The van der Waals surface area contributed by atoms with Crippen molar-refractivity contribution in [1.29, 1.82) is 0 Å². The van der Waals surface area contributed by atoms with Crippen LogP contribution in [-0.4, -0.2) is 86.8 Å². The summed E-state index contributed by atoms with van der Waals surface area (Å²) in [6, 6.07) is 25.9. The van der Waals surface area contributed by atoms with Gasteiger partial charge in [-0.3, -0.25) is 24.9 Å². The van der Waals surface area contributed by atoms with E-state index in [9.17, 15) is 23.3 Å². The van der Waals surface area contributed by atoms with Crippen molar-refractivity contribution in [1.82, 2.24) is 19.8 Å². The summed E-state index contributed by atoms with van der Waals surface area (Å²) in [7, 11) is -4.57. The fourth-order valence-electron chi connectivity index (χ4n) is 8.60. The number of aromatic nitrogens is 2. The summed E-state index contributed by atoms with van der Waals surface area (Å²) in [5, 5.41) is 23.0. The molecule has 0 radical (unpaired) electrons. The number of sulfonamides is 1. The molecule has 1 aromatic heterocycles. The lowest BCUT2D eigenvalue weighted by Crippen LogP contribution is -2.47. The van der Waals surface area contributed by atoms with Crippen LogP contribution in [0.1, 0.15) is 61.9 Å². The lowest BCUT2D eigenvalue weighted by molar-refractivity contribution is -0.384. The minimum absolute atomic E-state index is 0.0356. The van der Waals surface area contributed by atoms with E-state index in [0.717, 1.165) is 81.6 Å². The van der Waals surface area contributed by atoms with E-state index in [2.05, 4.69) is 56.0 Å². The number of hydrogen-bond donors (Lipinski definition) is 3. The fraction of sp³-hybridized carbons (Fsp3) is 0.362. The van der Waals surface area contributed by atoms with E-state index in [1.165, 1.54) is 28.8 Å². The number of nitro groups is 1. The van der Waals surface area contributed by atoms with Crippen LogP contribution < -0.4 is 19.7 Å². The third kappa shape index (κ3) is 10.6. The normalized spacial score (nSPS) is 17.3. The summed E-state index contributed by atoms with van der Waals surface area (Å²) in [6.07, 6.45) is 6.45. The Hall–Kier alpha value is -5.74. The molecule has 0 saturated carbocycles. The number of aromatic amines is 1. The number of nitro benzene ring substituents is 1. The van der Waals surface area contributed by atoms with Crippen molar-refractivity contribution in [2.45, 2.75) is 50.8 Å². The van der Waals surface area contributed by atoms with Crippen LogP contribution in [0.2, 0.25) is 5.02 Å². The molecule has 3 aliphatic rings. The summed E-state index contributed by atoms with van der Waals surface area (Å²) < 4.78 is 41.6. The van der Waals surface area contributed by atoms with Crippen molar-refractivity contribution < 1.29 is 27.6 Å². The van der Waals surface area contributed by atoms with Crippen LogP contribution in [0.15, 0.2) is 108 Å². The van der Waals surface area contributed by atoms with Gasteiger partial charge in [-0.2, -0.15) is 5.10 Å². The van der Waals surface area contributed by atoms with E-state index in [-0.39, 0.29) is 28.3 Å². The predicted octanol–water partition coefficient (Wildman–Crippen LogP) is 9.17. The average Bonchev–Trinajstić information content (AvgIpc) is 3.82. The first-order chi connectivity index (χ1) is 30.3. The van der Waals surface area contributed by atoms with Crippen LogP contribution in [0, 0.1) is 21.4 Å². The molecular weight excluding hydrogens is 842 g/mol. The maximum Gasteiger partial charge on any atom is 0.293 e. The number of carbonyl (C=O) groups is 1. The van der Waals surface area contributed by atoms with E-state index >= 15 is 0 Å². The maximum atomic E-state index is 14.1. The van der Waals surface area contributed by atoms with Gasteiger partial charge in [-0.25, -0.2) is 13.1 Å². The van der Waals surface area contributed by atoms with Crippen molar-refractivity contribution in [3.8, 4) is 22.8 Å². The first-order valence-electron chi connectivity index (χ1n) is 21.3. The number of ether oxygens (including phenoxy) is 2. The molecule has 5 aromatic rings. The molecule has 2 aliphatic heterocycles. The first-order valence-corrected chi connectivity index (χ1v) is 23.2. The van der Waals surface area contributed by atoms with E-state index in [0.29, 0.717) is 36.8 Å². The zero-order valence-electron chi connectivity index (χ0n) is 35.4. The van der Waals surface area contributed by atoms with Crippen LogP contribution >= 0.6 is 11.6 Å². The standard InChI is InChI=1S/C47H52ClN7O7S/c1-47(2)19-15-34(40(29-47)33-7-9-35(48)10-8-33)31-53-21-23-54(24-22-53)36-11-13-39(45(27-36)62-44-6-4-3-5-38(44)41-16-20-50-51-41)46(56)52-63(59,60)37-12-14-42(43(28-37)55(57)58)49-30-32-17-25-61-26-18-32/h3-14,16,20,27-28,32,49H,15,17-19,21-26,29-31H2,1-2H3,(H,50,51)(H,52,56). The Balaban J connectivity index is 1.03. The first kappa shape index (κ1) is 43.9.